The molecule has 35 heavy (non-hydrogen) atoms. The van der Waals surface area contributed by atoms with E-state index in [-0.39, 0.29) is 18.1 Å². The van der Waals surface area contributed by atoms with Crippen molar-refractivity contribution < 1.29 is 9.53 Å². The monoisotopic (exact) mass is 494 g/mol. The van der Waals surface area contributed by atoms with E-state index in [0.717, 1.165) is 61.6 Å². The van der Waals surface area contributed by atoms with Crippen molar-refractivity contribution in [1.29, 1.82) is 0 Å². The second-order valence-corrected chi connectivity index (χ2v) is 10.6. The molecule has 1 atom stereocenters. The lowest BCUT2D eigenvalue weighted by Gasteiger charge is -2.38. The number of hydrogen-bond acceptors (Lipinski definition) is 6. The van der Waals surface area contributed by atoms with Crippen LogP contribution in [0, 0.1) is 0 Å². The third kappa shape index (κ3) is 6.81. The fraction of sp³-hybridized carbons (Fsp3) is 0.500. The molecule has 7 heteroatoms. The van der Waals surface area contributed by atoms with Crippen molar-refractivity contribution in [2.24, 2.45) is 0 Å². The third-order valence-corrected chi connectivity index (χ3v) is 7.43. The van der Waals surface area contributed by atoms with E-state index in [9.17, 15) is 4.79 Å². The molecule has 0 saturated carbocycles. The first-order chi connectivity index (χ1) is 16.9. The molecule has 1 saturated heterocycles. The van der Waals surface area contributed by atoms with Gasteiger partial charge in [-0.15, -0.1) is 0 Å². The molecule has 188 valence electrons. The van der Waals surface area contributed by atoms with E-state index >= 15 is 0 Å². The summed E-state index contributed by atoms with van der Waals surface area (Å²) in [6.07, 6.45) is 1.67. The number of ether oxygens (including phenoxy) is 1. The van der Waals surface area contributed by atoms with Gasteiger partial charge in [0, 0.05) is 57.4 Å². The first-order valence-corrected chi connectivity index (χ1v) is 13.6. The summed E-state index contributed by atoms with van der Waals surface area (Å²) in [5.74, 6) is 0.154. The predicted octanol–water partition coefficient (Wildman–Crippen LogP) is 5.08. The van der Waals surface area contributed by atoms with Gasteiger partial charge in [0.2, 0.25) is 5.91 Å². The second-order valence-electron chi connectivity index (χ2n) is 9.64. The molecular formula is C28H38N4O2S. The fourth-order valence-corrected chi connectivity index (χ4v) is 5.66. The molecule has 2 aromatic carbocycles. The summed E-state index contributed by atoms with van der Waals surface area (Å²) in [5.41, 5.74) is 3.26. The van der Waals surface area contributed by atoms with Gasteiger partial charge < -0.3 is 14.5 Å². The molecule has 3 aromatic rings. The summed E-state index contributed by atoms with van der Waals surface area (Å²) in [6, 6.07) is 16.9. The molecule has 6 nitrogen and oxygen atoms in total. The summed E-state index contributed by atoms with van der Waals surface area (Å²) in [7, 11) is 0. The lowest BCUT2D eigenvalue weighted by Crippen LogP contribution is -2.52. The largest absolute Gasteiger partial charge is 0.467 e. The highest BCUT2D eigenvalue weighted by atomic mass is 32.1. The highest BCUT2D eigenvalue weighted by Crippen LogP contribution is 2.32. The Bertz CT molecular complexity index is 1090. The minimum absolute atomic E-state index is 0.0898. The van der Waals surface area contributed by atoms with Crippen LogP contribution >= 0.6 is 11.3 Å². The van der Waals surface area contributed by atoms with Crippen LogP contribution in [0.4, 0.5) is 5.69 Å². The molecule has 0 bridgehead atoms. The van der Waals surface area contributed by atoms with Crippen LogP contribution in [0.2, 0.25) is 0 Å². The number of hydrogen-bond donors (Lipinski definition) is 0. The number of carbonyl (C=O) groups is 1. The van der Waals surface area contributed by atoms with E-state index in [0.29, 0.717) is 11.6 Å². The van der Waals surface area contributed by atoms with Gasteiger partial charge in [0.1, 0.15) is 0 Å². The lowest BCUT2D eigenvalue weighted by atomic mass is 10.1. The molecule has 1 aliphatic heterocycles. The normalized spacial score (nSPS) is 16.0. The van der Waals surface area contributed by atoms with Crippen LogP contribution in [-0.4, -0.2) is 72.1 Å². The summed E-state index contributed by atoms with van der Waals surface area (Å²) >= 11 is 1.54. The number of carbonyl (C=O) groups excluding carboxylic acids is 1. The zero-order valence-corrected chi connectivity index (χ0v) is 22.3. The first-order valence-electron chi connectivity index (χ1n) is 12.8. The summed E-state index contributed by atoms with van der Waals surface area (Å²) in [5, 5.41) is 0.679. The van der Waals surface area contributed by atoms with Crippen molar-refractivity contribution in [3.8, 4) is 5.19 Å². The molecule has 1 unspecified atom stereocenters. The Morgan fingerprint density at radius 2 is 1.77 bits per heavy atom. The van der Waals surface area contributed by atoms with Gasteiger partial charge in [-0.25, -0.2) is 4.98 Å². The van der Waals surface area contributed by atoms with Crippen molar-refractivity contribution in [3.05, 3.63) is 54.1 Å². The van der Waals surface area contributed by atoms with Crippen LogP contribution in [0.1, 0.15) is 39.7 Å². The lowest BCUT2D eigenvalue weighted by molar-refractivity contribution is -0.118. The Labute approximate surface area is 213 Å². The van der Waals surface area contributed by atoms with E-state index in [2.05, 4.69) is 58.1 Å². The van der Waals surface area contributed by atoms with Gasteiger partial charge in [-0.1, -0.05) is 48.6 Å². The molecular weight excluding hydrogens is 456 g/mol. The maximum atomic E-state index is 13.0. The summed E-state index contributed by atoms with van der Waals surface area (Å²) in [4.78, 5) is 24.6. The fourth-order valence-electron chi connectivity index (χ4n) is 4.69. The minimum atomic E-state index is 0.0898. The predicted molar refractivity (Wildman–Crippen MR) is 146 cm³/mol. The molecule has 1 aromatic heterocycles. The number of anilines is 1. The smallest absolute Gasteiger partial charge is 0.274 e. The van der Waals surface area contributed by atoms with E-state index in [1.165, 1.54) is 16.9 Å². The molecule has 0 radical (unpaired) electrons. The highest BCUT2D eigenvalue weighted by Gasteiger charge is 2.25. The molecule has 1 amide bonds. The Hall–Kier alpha value is -2.48. The number of thiazole rings is 1. The van der Waals surface area contributed by atoms with Crippen LogP contribution < -0.4 is 9.64 Å². The van der Waals surface area contributed by atoms with E-state index in [1.807, 2.05) is 37.8 Å². The summed E-state index contributed by atoms with van der Waals surface area (Å²) < 4.78 is 6.83. The highest BCUT2D eigenvalue weighted by molar-refractivity contribution is 7.20. The zero-order valence-electron chi connectivity index (χ0n) is 21.4. The Morgan fingerprint density at radius 1 is 1.06 bits per heavy atom. The number of nitrogens with zero attached hydrogens (tertiary/aromatic N) is 4. The molecule has 1 aliphatic rings. The minimum Gasteiger partial charge on any atom is -0.467 e. The van der Waals surface area contributed by atoms with Gasteiger partial charge in [-0.2, -0.15) is 0 Å². The van der Waals surface area contributed by atoms with Crippen molar-refractivity contribution >= 4 is 33.1 Å². The van der Waals surface area contributed by atoms with Gasteiger partial charge in [-0.3, -0.25) is 9.69 Å². The molecule has 0 aliphatic carbocycles. The Morgan fingerprint density at radius 3 is 2.46 bits per heavy atom. The maximum Gasteiger partial charge on any atom is 0.274 e. The van der Waals surface area contributed by atoms with Gasteiger partial charge >= 0.3 is 0 Å². The third-order valence-electron chi connectivity index (χ3n) is 6.53. The van der Waals surface area contributed by atoms with Gasteiger partial charge in [-0.05, 0) is 51.0 Å². The SMILES string of the molecule is CCC(=O)N(c1ccc2nc(OC(C)C)sc2c1)C(C)CN1CCN(CCc2ccccc2)CC1. The molecule has 0 spiro atoms. The second kappa shape index (κ2) is 12.0. The van der Waals surface area contributed by atoms with Crippen molar-refractivity contribution in [2.45, 2.75) is 52.7 Å². The van der Waals surface area contributed by atoms with E-state index in [4.69, 9.17) is 4.74 Å². The van der Waals surface area contributed by atoms with E-state index < -0.39 is 0 Å². The van der Waals surface area contributed by atoms with Crippen molar-refractivity contribution in [1.82, 2.24) is 14.8 Å². The van der Waals surface area contributed by atoms with Gasteiger partial charge in [0.25, 0.3) is 5.19 Å². The number of piperazine rings is 1. The summed E-state index contributed by atoms with van der Waals surface area (Å²) in [6.45, 7) is 14.3. The molecule has 2 heterocycles. The van der Waals surface area contributed by atoms with E-state index in [1.54, 1.807) is 0 Å². The zero-order chi connectivity index (χ0) is 24.8. The number of fused-ring (bicyclic) bond motifs is 1. The van der Waals surface area contributed by atoms with Gasteiger partial charge in [0.15, 0.2) is 0 Å². The molecule has 1 fully saturated rings. The number of rotatable bonds is 10. The molecule has 0 N–H and O–H groups in total. The topological polar surface area (TPSA) is 48.9 Å². The average Bonchev–Trinajstić information content (AvgIpc) is 3.25. The number of aromatic nitrogens is 1. The molecule has 4 rings (SSSR count). The quantitative estimate of drug-likeness (QED) is 0.394. The Kier molecular flexibility index (Phi) is 8.76. The van der Waals surface area contributed by atoms with Crippen LogP contribution in [-0.2, 0) is 11.2 Å². The maximum absolute atomic E-state index is 13.0. The van der Waals surface area contributed by atoms with Crippen LogP contribution in [0.25, 0.3) is 10.2 Å². The number of benzene rings is 2. The van der Waals surface area contributed by atoms with Crippen LogP contribution in [0.3, 0.4) is 0 Å². The average molecular weight is 495 g/mol. The Balaban J connectivity index is 1.37. The van der Waals surface area contributed by atoms with Crippen molar-refractivity contribution in [2.75, 3.05) is 44.2 Å². The standard InChI is InChI=1S/C28H38N4O2S/c1-5-27(33)32(24-11-12-25-26(19-24)35-28(29-25)34-21(2)3)22(4)20-31-17-15-30(16-18-31)14-13-23-9-7-6-8-10-23/h6-12,19,21-22H,5,13-18,20H2,1-4H3. The van der Waals surface area contributed by atoms with Gasteiger partial charge in [0.05, 0.1) is 16.3 Å². The van der Waals surface area contributed by atoms with Crippen molar-refractivity contribution in [3.63, 3.8) is 0 Å². The first kappa shape index (κ1) is 25.6. The number of amides is 1. The van der Waals surface area contributed by atoms with Crippen LogP contribution in [0.5, 0.6) is 5.19 Å². The van der Waals surface area contributed by atoms with Crippen LogP contribution in [0.15, 0.2) is 48.5 Å².